The molecule has 0 bridgehead atoms. The molecule has 150 valence electrons. The van der Waals surface area contributed by atoms with E-state index in [1.807, 2.05) is 0 Å². The number of esters is 2. The van der Waals surface area contributed by atoms with E-state index in [2.05, 4.69) is 10.6 Å². The SMILES string of the molecule is COc1cccc(NC(=O)c2ccccc2NC=C2C(=O)OC(C)(C)OC2=O)c1. The highest BCUT2D eigenvalue weighted by Gasteiger charge is 2.39. The molecule has 0 unspecified atom stereocenters. The zero-order valence-corrected chi connectivity index (χ0v) is 16.1. The Kier molecular flexibility index (Phi) is 5.54. The van der Waals surface area contributed by atoms with Crippen molar-refractivity contribution in [3.05, 3.63) is 65.9 Å². The van der Waals surface area contributed by atoms with Crippen molar-refractivity contribution >= 4 is 29.2 Å². The Morgan fingerprint density at radius 2 is 1.72 bits per heavy atom. The highest BCUT2D eigenvalue weighted by atomic mass is 16.7. The molecule has 1 aliphatic rings. The molecule has 0 spiro atoms. The normalized spacial score (nSPS) is 15.1. The molecule has 1 aliphatic heterocycles. The Hall–Kier alpha value is -3.81. The van der Waals surface area contributed by atoms with Crippen LogP contribution in [0.2, 0.25) is 0 Å². The number of ether oxygens (including phenoxy) is 3. The van der Waals surface area contributed by atoms with E-state index >= 15 is 0 Å². The molecule has 1 heterocycles. The number of anilines is 2. The largest absolute Gasteiger partial charge is 0.497 e. The van der Waals surface area contributed by atoms with Crippen molar-refractivity contribution in [2.24, 2.45) is 0 Å². The molecule has 2 N–H and O–H groups in total. The zero-order valence-electron chi connectivity index (χ0n) is 16.1. The van der Waals surface area contributed by atoms with Gasteiger partial charge in [0, 0.05) is 31.8 Å². The van der Waals surface area contributed by atoms with Gasteiger partial charge in [0.2, 0.25) is 0 Å². The van der Waals surface area contributed by atoms with Crippen LogP contribution in [0, 0.1) is 0 Å². The Morgan fingerprint density at radius 1 is 1.03 bits per heavy atom. The fraction of sp³-hybridized carbons (Fsp3) is 0.190. The molecule has 0 radical (unpaired) electrons. The summed E-state index contributed by atoms with van der Waals surface area (Å²) in [5.74, 6) is -2.71. The lowest BCUT2D eigenvalue weighted by atomic mass is 10.1. The van der Waals surface area contributed by atoms with Crippen LogP contribution in [0.25, 0.3) is 0 Å². The fourth-order valence-corrected chi connectivity index (χ4v) is 2.63. The van der Waals surface area contributed by atoms with Crippen molar-refractivity contribution in [1.29, 1.82) is 0 Å². The summed E-state index contributed by atoms with van der Waals surface area (Å²) >= 11 is 0. The second-order valence-corrected chi connectivity index (χ2v) is 6.61. The molecule has 1 fully saturated rings. The van der Waals surface area contributed by atoms with Crippen molar-refractivity contribution in [3.8, 4) is 5.75 Å². The van der Waals surface area contributed by atoms with Gasteiger partial charge in [0.25, 0.3) is 11.7 Å². The number of methoxy groups -OCH3 is 1. The van der Waals surface area contributed by atoms with Crippen LogP contribution in [0.3, 0.4) is 0 Å². The van der Waals surface area contributed by atoms with Crippen LogP contribution in [0.4, 0.5) is 11.4 Å². The smallest absolute Gasteiger partial charge is 0.350 e. The van der Waals surface area contributed by atoms with Gasteiger partial charge < -0.3 is 24.8 Å². The Labute approximate surface area is 167 Å². The van der Waals surface area contributed by atoms with Crippen molar-refractivity contribution in [1.82, 2.24) is 0 Å². The molecule has 3 rings (SSSR count). The van der Waals surface area contributed by atoms with Crippen molar-refractivity contribution in [3.63, 3.8) is 0 Å². The second kappa shape index (κ2) is 8.05. The Balaban J connectivity index is 1.79. The van der Waals surface area contributed by atoms with Gasteiger partial charge in [-0.05, 0) is 24.3 Å². The maximum Gasteiger partial charge on any atom is 0.350 e. The minimum atomic E-state index is -1.32. The monoisotopic (exact) mass is 396 g/mol. The first-order valence-corrected chi connectivity index (χ1v) is 8.77. The molecule has 2 aromatic carbocycles. The first-order valence-electron chi connectivity index (χ1n) is 8.77. The molecule has 0 aliphatic carbocycles. The number of hydrogen-bond acceptors (Lipinski definition) is 7. The number of nitrogens with one attached hydrogen (secondary N) is 2. The van der Waals surface area contributed by atoms with Crippen LogP contribution in [-0.2, 0) is 19.1 Å². The summed E-state index contributed by atoms with van der Waals surface area (Å²) in [5.41, 5.74) is 0.965. The molecule has 0 atom stereocenters. The summed E-state index contributed by atoms with van der Waals surface area (Å²) in [6, 6.07) is 13.6. The number of rotatable bonds is 5. The summed E-state index contributed by atoms with van der Waals surface area (Å²) in [6.45, 7) is 2.93. The van der Waals surface area contributed by atoms with Crippen LogP contribution < -0.4 is 15.4 Å². The van der Waals surface area contributed by atoms with E-state index in [0.29, 0.717) is 22.7 Å². The third-order valence-corrected chi connectivity index (χ3v) is 3.99. The summed E-state index contributed by atoms with van der Waals surface area (Å²) in [5, 5.41) is 5.59. The summed E-state index contributed by atoms with van der Waals surface area (Å²) < 4.78 is 15.2. The molecule has 0 saturated carbocycles. The average molecular weight is 396 g/mol. The van der Waals surface area contributed by atoms with Gasteiger partial charge in [0.1, 0.15) is 5.75 Å². The molecule has 8 heteroatoms. The molecule has 29 heavy (non-hydrogen) atoms. The van der Waals surface area contributed by atoms with Gasteiger partial charge in [0.05, 0.1) is 18.4 Å². The van der Waals surface area contributed by atoms with Crippen LogP contribution in [-0.4, -0.2) is 30.7 Å². The van der Waals surface area contributed by atoms with E-state index in [1.165, 1.54) is 21.0 Å². The standard InChI is InChI=1S/C21H20N2O6/c1-21(2)28-19(25)16(20(26)29-21)12-22-17-10-5-4-9-15(17)18(24)23-13-7-6-8-14(11-13)27-3/h4-12,22H,1-3H3,(H,23,24). The lowest BCUT2D eigenvalue weighted by molar-refractivity contribution is -0.222. The minimum absolute atomic E-state index is 0.299. The number of hydrogen-bond donors (Lipinski definition) is 2. The van der Waals surface area contributed by atoms with Gasteiger partial charge in [-0.2, -0.15) is 0 Å². The van der Waals surface area contributed by atoms with Gasteiger partial charge in [-0.25, -0.2) is 9.59 Å². The number of para-hydroxylation sites is 1. The van der Waals surface area contributed by atoms with Crippen molar-refractivity contribution in [2.75, 3.05) is 17.7 Å². The molecule has 0 aromatic heterocycles. The number of amides is 1. The van der Waals surface area contributed by atoms with E-state index in [9.17, 15) is 14.4 Å². The molecular formula is C21H20N2O6. The molecule has 1 amide bonds. The fourth-order valence-electron chi connectivity index (χ4n) is 2.63. The predicted molar refractivity (Wildman–Crippen MR) is 105 cm³/mol. The summed E-state index contributed by atoms with van der Waals surface area (Å²) in [6.07, 6.45) is 1.16. The van der Waals surface area contributed by atoms with E-state index in [1.54, 1.807) is 48.5 Å². The average Bonchev–Trinajstić information content (AvgIpc) is 2.67. The lowest BCUT2D eigenvalue weighted by Crippen LogP contribution is -2.42. The molecule has 8 nitrogen and oxygen atoms in total. The third-order valence-electron chi connectivity index (χ3n) is 3.99. The number of benzene rings is 2. The first-order chi connectivity index (χ1) is 13.8. The predicted octanol–water partition coefficient (Wildman–Crippen LogP) is 3.08. The Morgan fingerprint density at radius 3 is 2.41 bits per heavy atom. The number of cyclic esters (lactones) is 2. The van der Waals surface area contributed by atoms with Crippen molar-refractivity contribution < 1.29 is 28.6 Å². The zero-order chi connectivity index (χ0) is 21.0. The van der Waals surface area contributed by atoms with Crippen LogP contribution in [0.15, 0.2) is 60.3 Å². The highest BCUT2D eigenvalue weighted by molar-refractivity contribution is 6.15. The molecular weight excluding hydrogens is 376 g/mol. The van der Waals surface area contributed by atoms with Crippen LogP contribution >= 0.6 is 0 Å². The topological polar surface area (TPSA) is 103 Å². The number of carbonyl (C=O) groups is 3. The maximum absolute atomic E-state index is 12.7. The highest BCUT2D eigenvalue weighted by Crippen LogP contribution is 2.24. The minimum Gasteiger partial charge on any atom is -0.497 e. The van der Waals surface area contributed by atoms with E-state index in [4.69, 9.17) is 14.2 Å². The van der Waals surface area contributed by atoms with Gasteiger partial charge >= 0.3 is 11.9 Å². The van der Waals surface area contributed by atoms with Crippen molar-refractivity contribution in [2.45, 2.75) is 19.6 Å². The van der Waals surface area contributed by atoms with Gasteiger partial charge in [-0.1, -0.05) is 18.2 Å². The van der Waals surface area contributed by atoms with E-state index < -0.39 is 17.7 Å². The number of carbonyl (C=O) groups excluding carboxylic acids is 3. The van der Waals surface area contributed by atoms with Crippen LogP contribution in [0.1, 0.15) is 24.2 Å². The second-order valence-electron chi connectivity index (χ2n) is 6.61. The lowest BCUT2D eigenvalue weighted by Gasteiger charge is -2.29. The van der Waals surface area contributed by atoms with E-state index in [0.717, 1.165) is 6.20 Å². The third kappa shape index (κ3) is 4.73. The van der Waals surface area contributed by atoms with Gasteiger partial charge in [-0.15, -0.1) is 0 Å². The summed E-state index contributed by atoms with van der Waals surface area (Å²) in [4.78, 5) is 36.8. The van der Waals surface area contributed by atoms with Gasteiger partial charge in [-0.3, -0.25) is 4.79 Å². The first kappa shape index (κ1) is 19.9. The molecule has 2 aromatic rings. The van der Waals surface area contributed by atoms with Gasteiger partial charge in [0.15, 0.2) is 5.57 Å². The quantitative estimate of drug-likeness (QED) is 0.455. The van der Waals surface area contributed by atoms with Crippen LogP contribution in [0.5, 0.6) is 5.75 Å². The maximum atomic E-state index is 12.7. The van der Waals surface area contributed by atoms with E-state index in [-0.39, 0.29) is 11.5 Å². The Bertz CT molecular complexity index is 974. The summed E-state index contributed by atoms with van der Waals surface area (Å²) in [7, 11) is 1.54. The molecule has 1 saturated heterocycles.